The SMILES string of the molecule is C=C(C)Cn1c(CO)nc2cc(C)ccc21. The summed E-state index contributed by atoms with van der Waals surface area (Å²) in [5.74, 6) is 0.698. The molecule has 0 aliphatic heterocycles. The van der Waals surface area contributed by atoms with Gasteiger partial charge in [0.05, 0.1) is 11.0 Å². The van der Waals surface area contributed by atoms with Crippen LogP contribution in [0.1, 0.15) is 18.3 Å². The molecule has 84 valence electrons. The van der Waals surface area contributed by atoms with Gasteiger partial charge in [0.1, 0.15) is 12.4 Å². The maximum absolute atomic E-state index is 9.29. The van der Waals surface area contributed by atoms with E-state index in [1.807, 2.05) is 30.5 Å². The second kappa shape index (κ2) is 4.10. The molecule has 0 spiro atoms. The molecule has 0 atom stereocenters. The van der Waals surface area contributed by atoms with E-state index in [1.165, 1.54) is 5.56 Å². The highest BCUT2D eigenvalue weighted by molar-refractivity contribution is 5.77. The van der Waals surface area contributed by atoms with Gasteiger partial charge in [-0.1, -0.05) is 18.2 Å². The van der Waals surface area contributed by atoms with Crippen LogP contribution in [-0.2, 0) is 13.2 Å². The van der Waals surface area contributed by atoms with E-state index in [9.17, 15) is 5.11 Å². The van der Waals surface area contributed by atoms with E-state index in [1.54, 1.807) is 0 Å². The average Bonchev–Trinajstić information content (AvgIpc) is 2.55. The topological polar surface area (TPSA) is 38.0 Å². The van der Waals surface area contributed by atoms with Gasteiger partial charge in [0.25, 0.3) is 0 Å². The van der Waals surface area contributed by atoms with Gasteiger partial charge in [-0.15, -0.1) is 0 Å². The van der Waals surface area contributed by atoms with Gasteiger partial charge in [0, 0.05) is 6.54 Å². The number of imidazole rings is 1. The Morgan fingerprint density at radius 2 is 2.25 bits per heavy atom. The molecule has 16 heavy (non-hydrogen) atoms. The minimum absolute atomic E-state index is 0.0407. The summed E-state index contributed by atoms with van der Waals surface area (Å²) in [6.07, 6.45) is 0. The van der Waals surface area contributed by atoms with Crippen molar-refractivity contribution < 1.29 is 5.11 Å². The van der Waals surface area contributed by atoms with Crippen molar-refractivity contribution in [3.8, 4) is 0 Å². The maximum Gasteiger partial charge on any atom is 0.136 e. The molecular weight excluding hydrogens is 200 g/mol. The summed E-state index contributed by atoms with van der Waals surface area (Å²) in [4.78, 5) is 4.42. The van der Waals surface area contributed by atoms with Crippen LogP contribution < -0.4 is 0 Å². The fourth-order valence-electron chi connectivity index (χ4n) is 1.86. The number of hydrogen-bond donors (Lipinski definition) is 1. The minimum Gasteiger partial charge on any atom is -0.388 e. The lowest BCUT2D eigenvalue weighted by molar-refractivity contribution is 0.267. The van der Waals surface area contributed by atoms with Gasteiger partial charge in [-0.05, 0) is 31.5 Å². The molecular formula is C13H16N2O. The molecule has 3 nitrogen and oxygen atoms in total. The normalized spacial score (nSPS) is 10.9. The van der Waals surface area contributed by atoms with E-state index >= 15 is 0 Å². The highest BCUT2D eigenvalue weighted by Crippen LogP contribution is 2.19. The van der Waals surface area contributed by atoms with E-state index in [-0.39, 0.29) is 6.61 Å². The first kappa shape index (κ1) is 10.9. The second-order valence-corrected chi connectivity index (χ2v) is 4.22. The summed E-state index contributed by atoms with van der Waals surface area (Å²) < 4.78 is 2.01. The van der Waals surface area contributed by atoms with Crippen LogP contribution in [0.3, 0.4) is 0 Å². The zero-order chi connectivity index (χ0) is 11.7. The van der Waals surface area contributed by atoms with Crippen LogP contribution in [0.25, 0.3) is 11.0 Å². The number of rotatable bonds is 3. The van der Waals surface area contributed by atoms with Crippen molar-refractivity contribution >= 4 is 11.0 Å². The lowest BCUT2D eigenvalue weighted by Crippen LogP contribution is -2.04. The van der Waals surface area contributed by atoms with Crippen molar-refractivity contribution in [1.29, 1.82) is 0 Å². The molecule has 3 heteroatoms. The zero-order valence-corrected chi connectivity index (χ0v) is 9.70. The van der Waals surface area contributed by atoms with Crippen LogP contribution in [0.5, 0.6) is 0 Å². The van der Waals surface area contributed by atoms with Gasteiger partial charge in [-0.25, -0.2) is 4.98 Å². The number of hydrogen-bond acceptors (Lipinski definition) is 2. The van der Waals surface area contributed by atoms with E-state index < -0.39 is 0 Å². The Bertz CT molecular complexity index is 540. The monoisotopic (exact) mass is 216 g/mol. The third-order valence-electron chi connectivity index (χ3n) is 2.55. The van der Waals surface area contributed by atoms with Crippen molar-refractivity contribution in [2.75, 3.05) is 0 Å². The predicted molar refractivity (Wildman–Crippen MR) is 65.2 cm³/mol. The van der Waals surface area contributed by atoms with Crippen LogP contribution in [0.15, 0.2) is 30.4 Å². The van der Waals surface area contributed by atoms with E-state index in [0.717, 1.165) is 16.6 Å². The minimum atomic E-state index is -0.0407. The molecule has 0 unspecified atom stereocenters. The molecule has 0 saturated heterocycles. The van der Waals surface area contributed by atoms with Crippen molar-refractivity contribution in [2.45, 2.75) is 27.0 Å². The summed E-state index contributed by atoms with van der Waals surface area (Å²) in [6, 6.07) is 6.13. The molecule has 0 aliphatic rings. The molecule has 0 fully saturated rings. The number of benzene rings is 1. The Hall–Kier alpha value is -1.61. The average molecular weight is 216 g/mol. The van der Waals surface area contributed by atoms with Crippen molar-refractivity contribution in [3.05, 3.63) is 41.7 Å². The molecule has 0 amide bonds. The fourth-order valence-corrected chi connectivity index (χ4v) is 1.86. The van der Waals surface area contributed by atoms with Gasteiger partial charge in [-0.2, -0.15) is 0 Å². The van der Waals surface area contributed by atoms with Crippen LogP contribution in [0, 0.1) is 6.92 Å². The van der Waals surface area contributed by atoms with Crippen molar-refractivity contribution in [3.63, 3.8) is 0 Å². The Labute approximate surface area is 95.0 Å². The number of aromatic nitrogens is 2. The van der Waals surface area contributed by atoms with Crippen LogP contribution >= 0.6 is 0 Å². The Kier molecular flexibility index (Phi) is 2.79. The van der Waals surface area contributed by atoms with Gasteiger partial charge >= 0.3 is 0 Å². The van der Waals surface area contributed by atoms with E-state index in [4.69, 9.17) is 0 Å². The van der Waals surface area contributed by atoms with Crippen LogP contribution in [-0.4, -0.2) is 14.7 Å². The quantitative estimate of drug-likeness (QED) is 0.800. The third-order valence-corrected chi connectivity index (χ3v) is 2.55. The molecule has 2 rings (SSSR count). The van der Waals surface area contributed by atoms with Crippen molar-refractivity contribution in [2.24, 2.45) is 0 Å². The third kappa shape index (κ3) is 1.86. The number of nitrogens with zero attached hydrogens (tertiary/aromatic N) is 2. The number of aryl methyl sites for hydroxylation is 1. The maximum atomic E-state index is 9.29. The van der Waals surface area contributed by atoms with Gasteiger partial charge in [0.15, 0.2) is 0 Å². The van der Waals surface area contributed by atoms with Crippen LogP contribution in [0.2, 0.25) is 0 Å². The standard InChI is InChI=1S/C13H16N2O/c1-9(2)7-15-12-5-4-10(3)6-11(12)14-13(15)8-16/h4-6,16H,1,7-8H2,2-3H3. The molecule has 0 radical (unpaired) electrons. The van der Waals surface area contributed by atoms with Crippen molar-refractivity contribution in [1.82, 2.24) is 9.55 Å². The lowest BCUT2D eigenvalue weighted by Gasteiger charge is -2.06. The number of fused-ring (bicyclic) bond motifs is 1. The van der Waals surface area contributed by atoms with Gasteiger partial charge in [-0.3, -0.25) is 0 Å². The molecule has 0 bridgehead atoms. The summed E-state index contributed by atoms with van der Waals surface area (Å²) >= 11 is 0. The molecule has 1 aromatic heterocycles. The first-order chi connectivity index (χ1) is 7.61. The van der Waals surface area contributed by atoms with Crippen LogP contribution in [0.4, 0.5) is 0 Å². The zero-order valence-electron chi connectivity index (χ0n) is 9.70. The lowest BCUT2D eigenvalue weighted by atomic mass is 10.2. The fraction of sp³-hybridized carbons (Fsp3) is 0.308. The molecule has 2 aromatic rings. The summed E-state index contributed by atoms with van der Waals surface area (Å²) in [5, 5.41) is 9.29. The van der Waals surface area contributed by atoms with E-state index in [0.29, 0.717) is 12.4 Å². The van der Waals surface area contributed by atoms with Gasteiger partial charge in [0.2, 0.25) is 0 Å². The smallest absolute Gasteiger partial charge is 0.136 e. The predicted octanol–water partition coefficient (Wildman–Crippen LogP) is 2.41. The molecule has 1 aromatic carbocycles. The van der Waals surface area contributed by atoms with E-state index in [2.05, 4.69) is 17.6 Å². The Morgan fingerprint density at radius 1 is 1.50 bits per heavy atom. The first-order valence-electron chi connectivity index (χ1n) is 5.33. The second-order valence-electron chi connectivity index (χ2n) is 4.22. The molecule has 0 saturated carbocycles. The molecule has 1 N–H and O–H groups in total. The van der Waals surface area contributed by atoms with Gasteiger partial charge < -0.3 is 9.67 Å². The number of aliphatic hydroxyl groups excluding tert-OH is 1. The largest absolute Gasteiger partial charge is 0.388 e. The highest BCUT2D eigenvalue weighted by Gasteiger charge is 2.09. The molecule has 1 heterocycles. The summed E-state index contributed by atoms with van der Waals surface area (Å²) in [7, 11) is 0. The molecule has 0 aliphatic carbocycles. The highest BCUT2D eigenvalue weighted by atomic mass is 16.3. The number of aliphatic hydroxyl groups is 1. The summed E-state index contributed by atoms with van der Waals surface area (Å²) in [6.45, 7) is 8.57. The first-order valence-corrected chi connectivity index (χ1v) is 5.33. The summed E-state index contributed by atoms with van der Waals surface area (Å²) in [5.41, 5.74) is 4.22. The Balaban J connectivity index is 2.63. The number of allylic oxidation sites excluding steroid dienone is 1. The Morgan fingerprint density at radius 3 is 2.88 bits per heavy atom.